The van der Waals surface area contributed by atoms with Crippen molar-refractivity contribution in [2.24, 2.45) is 5.73 Å². The molecule has 186 valence electrons. The molecule has 0 spiro atoms. The zero-order valence-electron chi connectivity index (χ0n) is 18.4. The second-order valence-electron chi connectivity index (χ2n) is 8.10. The number of rotatable bonds is 7. The van der Waals surface area contributed by atoms with Crippen molar-refractivity contribution in [2.75, 3.05) is 13.2 Å². The molecule has 0 saturated carbocycles. The molecule has 0 aliphatic carbocycles. The molecule has 2 heterocycles. The smallest absolute Gasteiger partial charge is 0.419 e. The minimum Gasteiger partial charge on any atom is -0.493 e. The maximum absolute atomic E-state index is 13.8. The lowest BCUT2D eigenvalue weighted by Gasteiger charge is -2.21. The minimum absolute atomic E-state index is 0.0204. The maximum Gasteiger partial charge on any atom is 0.419 e. The van der Waals surface area contributed by atoms with Gasteiger partial charge in [-0.2, -0.15) is 18.2 Å². The van der Waals surface area contributed by atoms with Gasteiger partial charge in [0.2, 0.25) is 11.7 Å². The van der Waals surface area contributed by atoms with Crippen LogP contribution in [0.25, 0.3) is 11.4 Å². The summed E-state index contributed by atoms with van der Waals surface area (Å²) in [6.45, 7) is 0.657. The minimum atomic E-state index is -4.64. The Morgan fingerprint density at radius 3 is 2.71 bits per heavy atom. The predicted molar refractivity (Wildman–Crippen MR) is 126 cm³/mol. The van der Waals surface area contributed by atoms with Gasteiger partial charge in [0.1, 0.15) is 11.8 Å². The van der Waals surface area contributed by atoms with Crippen LogP contribution in [0.1, 0.15) is 42.3 Å². The fraction of sp³-hybridized carbons (Fsp3) is 0.348. The average molecular weight is 528 g/mol. The summed E-state index contributed by atoms with van der Waals surface area (Å²) in [6.07, 6.45) is -2.14. The Morgan fingerprint density at radius 1 is 1.20 bits per heavy atom. The lowest BCUT2D eigenvalue weighted by Crippen LogP contribution is -2.35. The average Bonchev–Trinajstić information content (AvgIpc) is 3.48. The highest BCUT2D eigenvalue weighted by Gasteiger charge is 2.36. The molecule has 0 bridgehead atoms. The molecule has 3 N–H and O–H groups in total. The summed E-state index contributed by atoms with van der Waals surface area (Å²) in [4.78, 5) is 5.89. The van der Waals surface area contributed by atoms with Gasteiger partial charge in [0, 0.05) is 12.1 Å². The first-order chi connectivity index (χ1) is 16.6. The maximum atomic E-state index is 13.8. The Labute approximate surface area is 209 Å². The number of likely N-dealkylation sites (tertiary alicyclic amines) is 1. The number of halogens is 5. The second kappa shape index (κ2) is 10.3. The molecule has 4 rings (SSSR count). The van der Waals surface area contributed by atoms with Gasteiger partial charge in [0.25, 0.3) is 0 Å². The van der Waals surface area contributed by atoms with E-state index < -0.39 is 11.7 Å². The van der Waals surface area contributed by atoms with Crippen LogP contribution in [0.15, 0.2) is 40.9 Å². The van der Waals surface area contributed by atoms with E-state index in [0.29, 0.717) is 35.9 Å². The van der Waals surface area contributed by atoms with Gasteiger partial charge in [-0.05, 0) is 61.6 Å². The first kappa shape index (κ1) is 25.1. The van der Waals surface area contributed by atoms with Gasteiger partial charge in [0.05, 0.1) is 22.2 Å². The fourth-order valence-corrected chi connectivity index (χ4v) is 4.29. The first-order valence-corrected chi connectivity index (χ1v) is 11.6. The normalized spacial score (nSPS) is 16.0. The van der Waals surface area contributed by atoms with E-state index in [2.05, 4.69) is 10.1 Å². The van der Waals surface area contributed by atoms with E-state index in [1.807, 2.05) is 6.07 Å². The van der Waals surface area contributed by atoms with E-state index in [1.165, 1.54) is 12.1 Å². The number of nitrogens with zero attached hydrogens (tertiary/aromatic N) is 3. The van der Waals surface area contributed by atoms with Crippen molar-refractivity contribution in [3.05, 3.63) is 63.5 Å². The van der Waals surface area contributed by atoms with Crippen molar-refractivity contribution >= 4 is 29.2 Å². The highest BCUT2D eigenvalue weighted by atomic mass is 35.5. The van der Waals surface area contributed by atoms with Crippen LogP contribution in [-0.2, 0) is 12.6 Å². The number of nitrogens with one attached hydrogen (secondary N) is 1. The lowest BCUT2D eigenvalue weighted by molar-refractivity contribution is -0.138. The largest absolute Gasteiger partial charge is 0.493 e. The van der Waals surface area contributed by atoms with Crippen LogP contribution in [0.2, 0.25) is 10.0 Å². The van der Waals surface area contributed by atoms with E-state index in [-0.39, 0.29) is 41.6 Å². The van der Waals surface area contributed by atoms with Crippen LogP contribution >= 0.6 is 23.2 Å². The summed E-state index contributed by atoms with van der Waals surface area (Å²) >= 11 is 11.9. The second-order valence-corrected chi connectivity index (χ2v) is 8.92. The third kappa shape index (κ3) is 5.82. The molecule has 2 aromatic carbocycles. The molecule has 1 aliphatic heterocycles. The van der Waals surface area contributed by atoms with Gasteiger partial charge in [0.15, 0.2) is 5.96 Å². The third-order valence-electron chi connectivity index (χ3n) is 5.68. The number of ether oxygens (including phenoxy) is 1. The topological polar surface area (TPSA) is 101 Å². The van der Waals surface area contributed by atoms with Crippen LogP contribution in [0.3, 0.4) is 0 Å². The van der Waals surface area contributed by atoms with Gasteiger partial charge in [-0.15, -0.1) is 0 Å². The van der Waals surface area contributed by atoms with Crippen LogP contribution in [0.5, 0.6) is 5.75 Å². The van der Waals surface area contributed by atoms with Gasteiger partial charge < -0.3 is 19.9 Å². The van der Waals surface area contributed by atoms with E-state index in [0.717, 1.165) is 18.1 Å². The number of hydrogen-bond acceptors (Lipinski definition) is 5. The van der Waals surface area contributed by atoms with Crippen molar-refractivity contribution in [3.8, 4) is 17.1 Å². The summed E-state index contributed by atoms with van der Waals surface area (Å²) in [5.41, 5.74) is 5.72. The van der Waals surface area contributed by atoms with Crippen molar-refractivity contribution in [1.82, 2.24) is 15.0 Å². The van der Waals surface area contributed by atoms with E-state index in [4.69, 9.17) is 43.6 Å². The summed E-state index contributed by atoms with van der Waals surface area (Å²) in [5.74, 6) is -0.166. The Morgan fingerprint density at radius 2 is 2.00 bits per heavy atom. The number of aromatic nitrogens is 2. The summed E-state index contributed by atoms with van der Waals surface area (Å²) in [5, 5.41) is 12.4. The van der Waals surface area contributed by atoms with Crippen molar-refractivity contribution < 1.29 is 22.4 Å². The molecule has 3 aromatic rings. The third-order valence-corrected chi connectivity index (χ3v) is 6.42. The molecule has 35 heavy (non-hydrogen) atoms. The van der Waals surface area contributed by atoms with Crippen molar-refractivity contribution in [2.45, 2.75) is 37.9 Å². The zero-order valence-corrected chi connectivity index (χ0v) is 19.9. The molecule has 1 unspecified atom stereocenters. The Hall–Kier alpha value is -2.98. The van der Waals surface area contributed by atoms with Gasteiger partial charge in [-0.25, -0.2) is 0 Å². The van der Waals surface area contributed by atoms with Gasteiger partial charge in [-0.3, -0.25) is 5.41 Å². The summed E-state index contributed by atoms with van der Waals surface area (Å²) < 4.78 is 52.1. The van der Waals surface area contributed by atoms with E-state index in [9.17, 15) is 13.2 Å². The van der Waals surface area contributed by atoms with Crippen molar-refractivity contribution in [1.29, 1.82) is 5.41 Å². The molecule has 0 radical (unpaired) electrons. The quantitative estimate of drug-likeness (QED) is 0.218. The highest BCUT2D eigenvalue weighted by molar-refractivity contribution is 6.42. The van der Waals surface area contributed by atoms with E-state index in [1.54, 1.807) is 17.0 Å². The summed E-state index contributed by atoms with van der Waals surface area (Å²) in [7, 11) is 0. The van der Waals surface area contributed by atoms with E-state index >= 15 is 0 Å². The van der Waals surface area contributed by atoms with Crippen LogP contribution in [0.4, 0.5) is 13.2 Å². The molecular weight excluding hydrogens is 506 g/mol. The predicted octanol–water partition coefficient (Wildman–Crippen LogP) is 6.10. The highest BCUT2D eigenvalue weighted by Crippen LogP contribution is 2.39. The van der Waals surface area contributed by atoms with Crippen LogP contribution in [-0.4, -0.2) is 34.2 Å². The number of guanidine groups is 1. The molecule has 1 fully saturated rings. The molecule has 0 amide bonds. The Bertz CT molecular complexity index is 1220. The number of alkyl halides is 3. The molecular formula is C23H22Cl2F3N5O2. The molecule has 1 aliphatic rings. The molecule has 12 heteroatoms. The zero-order chi connectivity index (χ0) is 25.2. The number of nitrogens with two attached hydrogens (primary N) is 1. The lowest BCUT2D eigenvalue weighted by atomic mass is 10.1. The SMILES string of the molecule is N=C(N)N1CCCC1c1nc(-c2ccc(OCCCc3ccc(Cl)c(Cl)c3)c(C(F)(F)F)c2)no1. The fourth-order valence-electron chi connectivity index (χ4n) is 3.97. The Kier molecular flexibility index (Phi) is 7.42. The number of benzene rings is 2. The standard InChI is InChI=1S/C23H22Cl2F3N5O2/c24-16-7-5-13(11-17(16)25)3-2-10-34-19-8-6-14(12-15(19)23(26,27)28)20-31-21(35-32-20)18-4-1-9-33(18)22(29)30/h5-8,11-12,18H,1-4,9-10H2,(H3,29,30). The molecule has 1 saturated heterocycles. The summed E-state index contributed by atoms with van der Waals surface area (Å²) in [6, 6.07) is 8.49. The van der Waals surface area contributed by atoms with Gasteiger partial charge in [-0.1, -0.05) is 34.4 Å². The number of hydrogen-bond donors (Lipinski definition) is 2. The molecule has 1 aromatic heterocycles. The van der Waals surface area contributed by atoms with Crippen LogP contribution < -0.4 is 10.5 Å². The monoisotopic (exact) mass is 527 g/mol. The Balaban J connectivity index is 1.47. The molecule has 1 atom stereocenters. The van der Waals surface area contributed by atoms with Crippen LogP contribution in [0, 0.1) is 5.41 Å². The molecule has 7 nitrogen and oxygen atoms in total. The van der Waals surface area contributed by atoms with Crippen molar-refractivity contribution in [3.63, 3.8) is 0 Å². The first-order valence-electron chi connectivity index (χ1n) is 10.9. The van der Waals surface area contributed by atoms with Gasteiger partial charge >= 0.3 is 6.18 Å². The number of aryl methyl sites for hydroxylation is 1.